The molecule has 8 N–H and O–H groups in total. The molecule has 0 aromatic carbocycles. The average molecular weight is 127 g/mol. The second-order valence-corrected chi connectivity index (χ2v) is 1.08. The zero-order valence-corrected chi connectivity index (χ0v) is 4.73. The number of guanidine groups is 2. The van der Waals surface area contributed by atoms with Crippen LogP contribution in [0.4, 0.5) is 0 Å². The minimum atomic E-state index is -0.278. The summed E-state index contributed by atoms with van der Waals surface area (Å²) in [5.74, 6) is -0.555. The van der Waals surface area contributed by atoms with Gasteiger partial charge in [-0.1, -0.05) is 0 Å². The Morgan fingerprint density at radius 2 is 1.22 bits per heavy atom. The first-order chi connectivity index (χ1) is 3.63. The van der Waals surface area contributed by atoms with Crippen LogP contribution in [0.25, 0.3) is 0 Å². The molecule has 0 aromatic heterocycles. The van der Waals surface area contributed by atoms with Crippen molar-refractivity contribution in [3.8, 4) is 0 Å². The largest absolute Gasteiger partial charge is 0.369 e. The molecule has 0 spiro atoms. The van der Waals surface area contributed by atoms with Crippen LogP contribution in [0, 0.1) is 10.8 Å². The summed E-state index contributed by atoms with van der Waals surface area (Å²) in [7, 11) is 0. The number of nitrogens with one attached hydrogen (secondary N) is 4. The van der Waals surface area contributed by atoms with E-state index in [1.165, 1.54) is 0 Å². The van der Waals surface area contributed by atoms with Crippen molar-refractivity contribution in [2.45, 2.75) is 0 Å². The van der Waals surface area contributed by atoms with Gasteiger partial charge in [-0.15, -0.1) is 0 Å². The zero-order valence-electron chi connectivity index (χ0n) is 4.73. The average Bonchev–Trinajstić information content (AvgIpc) is 1.61. The van der Waals surface area contributed by atoms with Crippen LogP contribution < -0.4 is 22.3 Å². The van der Waals surface area contributed by atoms with Crippen molar-refractivity contribution < 1.29 is 0 Å². The molecule has 9 heavy (non-hydrogen) atoms. The molecule has 0 bridgehead atoms. The Kier molecular flexibility index (Phi) is 5.58. The summed E-state index contributed by atoms with van der Waals surface area (Å²) in [5.41, 5.74) is 13.8. The Morgan fingerprint density at radius 3 is 1.33 bits per heavy atom. The molecule has 0 atom stereocenters. The molecule has 0 aliphatic carbocycles. The highest BCUT2D eigenvalue weighted by Gasteiger charge is 1.82. The Hall–Kier alpha value is -1.40. The van der Waals surface area contributed by atoms with Crippen LogP contribution >= 0.6 is 0 Å². The van der Waals surface area contributed by atoms with E-state index in [0.29, 0.717) is 0 Å². The summed E-state index contributed by atoms with van der Waals surface area (Å²) in [5, 5.41) is 13.1. The molecule has 0 heterocycles. The molecule has 0 unspecified atom stereocenters. The monoisotopic (exact) mass is 127 g/mol. The fourth-order valence-corrected chi connectivity index (χ4v) is 0.135. The molecule has 0 amide bonds. The van der Waals surface area contributed by atoms with Gasteiger partial charge in [-0.2, -0.15) is 0 Å². The molecular formula is C2H8BN6. The van der Waals surface area contributed by atoms with Gasteiger partial charge in [-0.3, -0.25) is 21.7 Å². The molecule has 0 rings (SSSR count). The van der Waals surface area contributed by atoms with Gasteiger partial charge in [-0.25, -0.2) is 0 Å². The van der Waals surface area contributed by atoms with E-state index in [1.807, 2.05) is 0 Å². The molecule has 6 nitrogen and oxygen atoms in total. The molecule has 7 heteroatoms. The Balaban J connectivity index is 0. The standard InChI is InChI=1S/C2H8N6.B/c3-1(4)7-8-2(5)6;/h(H4,3,4,7)(H4,5,6,8);. The van der Waals surface area contributed by atoms with E-state index in [9.17, 15) is 0 Å². The fourth-order valence-electron chi connectivity index (χ4n) is 0.135. The van der Waals surface area contributed by atoms with Gasteiger partial charge in [-0.05, 0) is 0 Å². The third kappa shape index (κ3) is 10.8. The van der Waals surface area contributed by atoms with Crippen molar-refractivity contribution in [2.75, 3.05) is 0 Å². The van der Waals surface area contributed by atoms with Gasteiger partial charge in [0.2, 0.25) is 11.9 Å². The predicted octanol–water partition coefficient (Wildman–Crippen LogP) is -2.51. The number of hydrogen-bond donors (Lipinski definition) is 6. The van der Waals surface area contributed by atoms with Crippen LogP contribution in [-0.4, -0.2) is 20.3 Å². The van der Waals surface area contributed by atoms with Crippen LogP contribution in [0.1, 0.15) is 0 Å². The van der Waals surface area contributed by atoms with Gasteiger partial charge < -0.3 is 11.5 Å². The lowest BCUT2D eigenvalue weighted by Gasteiger charge is -2.02. The van der Waals surface area contributed by atoms with Crippen molar-refractivity contribution in [3.05, 3.63) is 0 Å². The molecule has 0 aliphatic rings. The topological polar surface area (TPSA) is 124 Å². The number of nitrogens with two attached hydrogens (primary N) is 2. The summed E-state index contributed by atoms with van der Waals surface area (Å²) in [6.45, 7) is 0. The third-order valence-corrected chi connectivity index (χ3v) is 0.332. The van der Waals surface area contributed by atoms with Crippen molar-refractivity contribution in [3.63, 3.8) is 0 Å². The predicted molar refractivity (Wildman–Crippen MR) is 35.9 cm³/mol. The minimum Gasteiger partial charge on any atom is -0.369 e. The SMILES string of the molecule is N=C(N)NNC(=N)N.[B]. The lowest BCUT2D eigenvalue weighted by molar-refractivity contribution is 0.833. The van der Waals surface area contributed by atoms with Gasteiger partial charge in [0.15, 0.2) is 0 Å². The first-order valence-electron chi connectivity index (χ1n) is 1.83. The molecule has 0 aliphatic heterocycles. The van der Waals surface area contributed by atoms with Gasteiger partial charge >= 0.3 is 0 Å². The van der Waals surface area contributed by atoms with Crippen molar-refractivity contribution >= 4 is 20.3 Å². The summed E-state index contributed by atoms with van der Waals surface area (Å²) in [4.78, 5) is 0. The number of hydrogen-bond acceptors (Lipinski definition) is 2. The Morgan fingerprint density at radius 1 is 1.00 bits per heavy atom. The Bertz CT molecular complexity index is 95.6. The van der Waals surface area contributed by atoms with Gasteiger partial charge in [0.1, 0.15) is 0 Å². The molecule has 0 fully saturated rings. The normalized spacial score (nSPS) is 6.67. The van der Waals surface area contributed by atoms with Gasteiger partial charge in [0.25, 0.3) is 0 Å². The summed E-state index contributed by atoms with van der Waals surface area (Å²) in [6, 6.07) is 0. The third-order valence-electron chi connectivity index (χ3n) is 0.332. The molecular weight excluding hydrogens is 119 g/mol. The number of rotatable bonds is 0. The van der Waals surface area contributed by atoms with Crippen LogP contribution in [-0.2, 0) is 0 Å². The second kappa shape index (κ2) is 4.76. The van der Waals surface area contributed by atoms with E-state index in [2.05, 4.69) is 10.9 Å². The molecule has 49 valence electrons. The lowest BCUT2D eigenvalue weighted by atomic mass is 10.8. The first-order valence-corrected chi connectivity index (χ1v) is 1.83. The molecule has 0 saturated carbocycles. The van der Waals surface area contributed by atoms with Crippen molar-refractivity contribution in [1.29, 1.82) is 10.8 Å². The smallest absolute Gasteiger partial charge is 0.204 e. The summed E-state index contributed by atoms with van der Waals surface area (Å²) >= 11 is 0. The van der Waals surface area contributed by atoms with E-state index < -0.39 is 0 Å². The fraction of sp³-hybridized carbons (Fsp3) is 0. The van der Waals surface area contributed by atoms with E-state index >= 15 is 0 Å². The van der Waals surface area contributed by atoms with Crippen LogP contribution in [0.15, 0.2) is 0 Å². The summed E-state index contributed by atoms with van der Waals surface area (Å²) in [6.07, 6.45) is 0. The molecule has 0 aromatic rings. The Labute approximate surface area is 54.5 Å². The zero-order chi connectivity index (χ0) is 6.57. The lowest BCUT2D eigenvalue weighted by Crippen LogP contribution is -2.47. The maximum atomic E-state index is 6.54. The number of hydrazine groups is 1. The van der Waals surface area contributed by atoms with Crippen LogP contribution in [0.2, 0.25) is 0 Å². The van der Waals surface area contributed by atoms with Crippen LogP contribution in [0.3, 0.4) is 0 Å². The maximum Gasteiger partial charge on any atom is 0.204 e. The van der Waals surface area contributed by atoms with E-state index in [1.54, 1.807) is 0 Å². The highest BCUT2D eigenvalue weighted by Crippen LogP contribution is 1.41. The first kappa shape index (κ1) is 10.6. The highest BCUT2D eigenvalue weighted by atomic mass is 15.4. The highest BCUT2D eigenvalue weighted by molar-refractivity contribution is 5.80. The van der Waals surface area contributed by atoms with Crippen LogP contribution in [0.5, 0.6) is 0 Å². The summed E-state index contributed by atoms with van der Waals surface area (Å²) < 4.78 is 0. The van der Waals surface area contributed by atoms with E-state index in [-0.39, 0.29) is 20.3 Å². The van der Waals surface area contributed by atoms with Gasteiger partial charge in [0.05, 0.1) is 0 Å². The van der Waals surface area contributed by atoms with E-state index in [4.69, 9.17) is 22.3 Å². The molecule has 3 radical (unpaired) electrons. The second-order valence-electron chi connectivity index (χ2n) is 1.08. The van der Waals surface area contributed by atoms with Crippen molar-refractivity contribution in [2.24, 2.45) is 11.5 Å². The van der Waals surface area contributed by atoms with Gasteiger partial charge in [0, 0.05) is 8.41 Å². The van der Waals surface area contributed by atoms with Crippen molar-refractivity contribution in [1.82, 2.24) is 10.9 Å². The van der Waals surface area contributed by atoms with E-state index in [0.717, 1.165) is 0 Å². The maximum absolute atomic E-state index is 6.54. The quantitative estimate of drug-likeness (QED) is 0.0929. The minimum absolute atomic E-state index is 0. The molecule has 0 saturated heterocycles.